The topological polar surface area (TPSA) is 87.5 Å². The number of nitrogens with two attached hydrogens (primary N) is 1. The smallest absolute Gasteiger partial charge is 0.254 e. The monoisotopic (exact) mass is 531 g/mol. The highest BCUT2D eigenvalue weighted by molar-refractivity contribution is 6.01. The van der Waals surface area contributed by atoms with Crippen LogP contribution >= 0.6 is 0 Å². The third kappa shape index (κ3) is 4.37. The normalized spacial score (nSPS) is 18.5. The lowest BCUT2D eigenvalue weighted by Gasteiger charge is -2.30. The Kier molecular flexibility index (Phi) is 6.08. The maximum Gasteiger partial charge on any atom is 0.254 e. The molecule has 1 saturated carbocycles. The number of fused-ring (bicyclic) bond motifs is 3. The predicted molar refractivity (Wildman–Crippen MR) is 148 cm³/mol. The van der Waals surface area contributed by atoms with Gasteiger partial charge < -0.3 is 29.2 Å². The molecule has 2 fully saturated rings. The summed E-state index contributed by atoms with van der Waals surface area (Å²) in [5.74, 6) is 2.78. The number of hydrogen-bond donors (Lipinski definition) is 1. The minimum Gasteiger partial charge on any atom is -0.491 e. The summed E-state index contributed by atoms with van der Waals surface area (Å²) in [7, 11) is 2.04. The molecule has 7 rings (SSSR count). The van der Waals surface area contributed by atoms with Crippen LogP contribution < -0.4 is 10.5 Å². The van der Waals surface area contributed by atoms with Crippen molar-refractivity contribution in [2.24, 2.45) is 24.6 Å². The Balaban J connectivity index is 1.30. The maximum atomic E-state index is 13.2. The van der Waals surface area contributed by atoms with Crippen molar-refractivity contribution in [3.63, 3.8) is 0 Å². The average Bonchev–Trinajstić information content (AvgIpc) is 3.58. The van der Waals surface area contributed by atoms with E-state index < -0.39 is 12.7 Å². The largest absolute Gasteiger partial charge is 0.491 e. The highest BCUT2D eigenvalue weighted by Crippen LogP contribution is 2.39. The molecule has 2 aromatic heterocycles. The van der Waals surface area contributed by atoms with Crippen LogP contribution in [0.25, 0.3) is 33.5 Å². The molecule has 39 heavy (non-hydrogen) atoms. The van der Waals surface area contributed by atoms with E-state index in [9.17, 15) is 9.18 Å². The van der Waals surface area contributed by atoms with E-state index in [-0.39, 0.29) is 12.5 Å². The first-order valence-electron chi connectivity index (χ1n) is 13.9. The summed E-state index contributed by atoms with van der Waals surface area (Å²) in [5, 5.41) is 1.13. The molecule has 2 aromatic carbocycles. The number of hydrogen-bond acceptors (Lipinski definition) is 5. The van der Waals surface area contributed by atoms with Crippen molar-refractivity contribution in [3.05, 3.63) is 47.5 Å². The Hall–Kier alpha value is -3.43. The first kappa shape index (κ1) is 24.6. The van der Waals surface area contributed by atoms with Gasteiger partial charge in [0.15, 0.2) is 5.82 Å². The molecular formula is C30H34FN5O3. The Labute approximate surface area is 226 Å². The van der Waals surface area contributed by atoms with Gasteiger partial charge in [0, 0.05) is 43.5 Å². The molecule has 4 heterocycles. The quantitative estimate of drug-likeness (QED) is 0.354. The average molecular weight is 532 g/mol. The predicted octanol–water partition coefficient (Wildman–Crippen LogP) is 3.93. The molecule has 0 radical (unpaired) electrons. The van der Waals surface area contributed by atoms with Crippen LogP contribution in [0.15, 0.2) is 36.4 Å². The lowest BCUT2D eigenvalue weighted by atomic mass is 9.97. The van der Waals surface area contributed by atoms with Crippen molar-refractivity contribution < 1.29 is 18.7 Å². The summed E-state index contributed by atoms with van der Waals surface area (Å²) in [6, 6.07) is 11.8. The van der Waals surface area contributed by atoms with Crippen molar-refractivity contribution in [2.45, 2.75) is 31.8 Å². The number of benzene rings is 2. The standard InChI is InChI=1S/C30H34FN5O3/c1-34-25-9-20-7-8-35(14-22(32)12-31)30(37)23(20)11-24(25)33-29(34)26-10-21-3-2-4-27(39-17-19-15-38-16-19)28(21)36(26)13-18-5-6-18/h2-4,9-11,18-19,22H,5-8,12-17,32H2,1H3. The van der Waals surface area contributed by atoms with Crippen molar-refractivity contribution in [2.75, 3.05) is 39.6 Å². The zero-order valence-electron chi connectivity index (χ0n) is 22.2. The van der Waals surface area contributed by atoms with Crippen molar-refractivity contribution >= 4 is 27.8 Å². The molecule has 9 heteroatoms. The molecule has 0 bridgehead atoms. The van der Waals surface area contributed by atoms with Crippen LogP contribution in [0.4, 0.5) is 4.39 Å². The number of halogens is 1. The SMILES string of the molecule is Cn1c(-c2cc3cccc(OCC4COC4)c3n2CC2CC2)nc2cc3c(cc21)CCN(CC(N)CF)C3=O. The van der Waals surface area contributed by atoms with Gasteiger partial charge in [-0.3, -0.25) is 4.79 Å². The van der Waals surface area contributed by atoms with Gasteiger partial charge >= 0.3 is 0 Å². The van der Waals surface area contributed by atoms with Gasteiger partial charge in [0.1, 0.15) is 12.4 Å². The summed E-state index contributed by atoms with van der Waals surface area (Å²) in [5.41, 5.74) is 11.4. The number of ether oxygens (including phenoxy) is 2. The molecule has 8 nitrogen and oxygen atoms in total. The molecule has 1 saturated heterocycles. The molecule has 0 spiro atoms. The second kappa shape index (κ2) is 9.64. The van der Waals surface area contributed by atoms with E-state index in [0.717, 1.165) is 64.5 Å². The van der Waals surface area contributed by atoms with Crippen LogP contribution in [-0.4, -0.2) is 70.6 Å². The van der Waals surface area contributed by atoms with Gasteiger partial charge in [-0.1, -0.05) is 12.1 Å². The Morgan fingerprint density at radius 2 is 2.05 bits per heavy atom. The minimum atomic E-state index is -0.662. The first-order valence-corrected chi connectivity index (χ1v) is 13.9. The van der Waals surface area contributed by atoms with E-state index in [1.165, 1.54) is 12.8 Å². The lowest BCUT2D eigenvalue weighted by Crippen LogP contribution is -2.45. The van der Waals surface area contributed by atoms with Crippen molar-refractivity contribution in [3.8, 4) is 17.3 Å². The molecule has 204 valence electrons. The summed E-state index contributed by atoms with van der Waals surface area (Å²) in [4.78, 5) is 20.0. The Bertz CT molecular complexity index is 1570. The molecular weight excluding hydrogens is 497 g/mol. The molecule has 1 unspecified atom stereocenters. The highest BCUT2D eigenvalue weighted by atomic mass is 19.1. The van der Waals surface area contributed by atoms with Gasteiger partial charge in [0.05, 0.1) is 48.1 Å². The Morgan fingerprint density at radius 1 is 1.21 bits per heavy atom. The molecule has 2 N–H and O–H groups in total. The number of alkyl halides is 1. The number of carbonyl (C=O) groups excluding carboxylic acids is 1. The number of rotatable bonds is 9. The molecule has 4 aromatic rings. The zero-order valence-corrected chi connectivity index (χ0v) is 22.2. The van der Waals surface area contributed by atoms with Gasteiger partial charge in [-0.05, 0) is 55.0 Å². The van der Waals surface area contributed by atoms with Crippen LogP contribution in [0.5, 0.6) is 5.75 Å². The molecule has 2 aliphatic heterocycles. The summed E-state index contributed by atoms with van der Waals surface area (Å²) in [6.07, 6.45) is 3.19. The second-order valence-corrected chi connectivity index (χ2v) is 11.4. The molecule has 1 aliphatic carbocycles. The van der Waals surface area contributed by atoms with E-state index in [1.54, 1.807) is 4.90 Å². The van der Waals surface area contributed by atoms with E-state index >= 15 is 0 Å². The number of nitrogens with zero attached hydrogens (tertiary/aromatic N) is 4. The molecule has 1 amide bonds. The fourth-order valence-electron chi connectivity index (χ4n) is 5.88. The third-order valence-corrected chi connectivity index (χ3v) is 8.36. The summed E-state index contributed by atoms with van der Waals surface area (Å²) < 4.78 is 29.2. The van der Waals surface area contributed by atoms with E-state index in [0.29, 0.717) is 37.0 Å². The van der Waals surface area contributed by atoms with Gasteiger partial charge in [-0.2, -0.15) is 0 Å². The fourth-order valence-corrected chi connectivity index (χ4v) is 5.88. The van der Waals surface area contributed by atoms with Crippen molar-refractivity contribution in [1.82, 2.24) is 19.0 Å². The highest BCUT2D eigenvalue weighted by Gasteiger charge is 2.29. The van der Waals surface area contributed by atoms with E-state index in [2.05, 4.69) is 39.5 Å². The number of carbonyl (C=O) groups is 1. The van der Waals surface area contributed by atoms with Gasteiger partial charge in [0.2, 0.25) is 0 Å². The fraction of sp³-hybridized carbons (Fsp3) is 0.467. The van der Waals surface area contributed by atoms with E-state index in [4.69, 9.17) is 20.2 Å². The van der Waals surface area contributed by atoms with Gasteiger partial charge in [-0.25, -0.2) is 9.37 Å². The van der Waals surface area contributed by atoms with Crippen LogP contribution in [0.2, 0.25) is 0 Å². The molecule has 3 aliphatic rings. The summed E-state index contributed by atoms with van der Waals surface area (Å²) >= 11 is 0. The lowest BCUT2D eigenvalue weighted by molar-refractivity contribution is -0.0506. The minimum absolute atomic E-state index is 0.101. The second-order valence-electron chi connectivity index (χ2n) is 11.4. The van der Waals surface area contributed by atoms with Gasteiger partial charge in [0.25, 0.3) is 5.91 Å². The number of amides is 1. The Morgan fingerprint density at radius 3 is 2.79 bits per heavy atom. The van der Waals surface area contributed by atoms with E-state index in [1.807, 2.05) is 13.1 Å². The van der Waals surface area contributed by atoms with Crippen LogP contribution in [0, 0.1) is 11.8 Å². The molecule has 1 atom stereocenters. The maximum absolute atomic E-state index is 13.2. The first-order chi connectivity index (χ1) is 19.0. The van der Waals surface area contributed by atoms with Crippen LogP contribution in [0.3, 0.4) is 0 Å². The third-order valence-electron chi connectivity index (χ3n) is 8.36. The van der Waals surface area contributed by atoms with Crippen molar-refractivity contribution in [1.29, 1.82) is 0 Å². The number of imidazole rings is 1. The van der Waals surface area contributed by atoms with Crippen LogP contribution in [-0.2, 0) is 24.8 Å². The van der Waals surface area contributed by atoms with Gasteiger partial charge in [-0.15, -0.1) is 0 Å². The zero-order chi connectivity index (χ0) is 26.7. The number of aromatic nitrogens is 3. The number of para-hydroxylation sites is 1. The number of aryl methyl sites for hydroxylation is 1. The summed E-state index contributed by atoms with van der Waals surface area (Å²) in [6.45, 7) is 3.22. The van der Waals surface area contributed by atoms with Crippen LogP contribution in [0.1, 0.15) is 28.8 Å².